The number of benzene rings is 2. The summed E-state index contributed by atoms with van der Waals surface area (Å²) in [6.45, 7) is 0. The normalized spacial score (nSPS) is 11.6. The number of para-hydroxylation sites is 2. The van der Waals surface area contributed by atoms with E-state index in [1.165, 1.54) is 32.4 Å². The molecular weight excluding hydrogens is 452 g/mol. The van der Waals surface area contributed by atoms with Gasteiger partial charge in [-0.3, -0.25) is 10.2 Å². The Balaban J connectivity index is 1.83. The Bertz CT molecular complexity index is 1350. The number of hydrogen-bond donors (Lipinski definition) is 3. The molecule has 0 aliphatic heterocycles. The van der Waals surface area contributed by atoms with E-state index >= 15 is 0 Å². The lowest BCUT2D eigenvalue weighted by Gasteiger charge is -2.15. The van der Waals surface area contributed by atoms with Gasteiger partial charge in [0.2, 0.25) is 5.91 Å². The lowest BCUT2D eigenvalue weighted by molar-refractivity contribution is -0.131. The number of methoxy groups -OCH3 is 2. The molecule has 3 rings (SSSR count). The van der Waals surface area contributed by atoms with E-state index in [0.29, 0.717) is 11.3 Å². The third kappa shape index (κ3) is 5.30. The van der Waals surface area contributed by atoms with Crippen molar-refractivity contribution in [2.24, 2.45) is 7.05 Å². The average Bonchev–Trinajstić information content (AvgIpc) is 3.10. The van der Waals surface area contributed by atoms with Crippen LogP contribution in [0.5, 0.6) is 11.5 Å². The van der Waals surface area contributed by atoms with E-state index in [2.05, 4.69) is 10.4 Å². The molecular formula is C21H22N4O7S. The van der Waals surface area contributed by atoms with Crippen LogP contribution < -0.4 is 19.7 Å². The predicted molar refractivity (Wildman–Crippen MR) is 119 cm³/mol. The van der Waals surface area contributed by atoms with E-state index in [9.17, 15) is 18.0 Å². The molecule has 0 atom stereocenters. The van der Waals surface area contributed by atoms with E-state index in [0.717, 1.165) is 11.6 Å². The molecule has 33 heavy (non-hydrogen) atoms. The lowest BCUT2D eigenvalue weighted by Crippen LogP contribution is -2.42. The highest BCUT2D eigenvalue weighted by molar-refractivity contribution is 7.89. The van der Waals surface area contributed by atoms with E-state index in [4.69, 9.17) is 14.6 Å². The van der Waals surface area contributed by atoms with Crippen LogP contribution in [0.3, 0.4) is 0 Å². The highest BCUT2D eigenvalue weighted by atomic mass is 32.2. The number of aryl methyl sites for hydroxylation is 1. The monoisotopic (exact) mass is 474 g/mol. The third-order valence-corrected chi connectivity index (χ3v) is 5.95. The number of carbonyl (C=O) groups excluding carboxylic acids is 1. The van der Waals surface area contributed by atoms with E-state index < -0.39 is 21.9 Å². The van der Waals surface area contributed by atoms with Crippen molar-refractivity contribution in [3.05, 3.63) is 53.9 Å². The summed E-state index contributed by atoms with van der Waals surface area (Å²) in [6.07, 6.45) is 1.88. The number of carbonyl (C=O) groups is 2. The summed E-state index contributed by atoms with van der Waals surface area (Å²) >= 11 is 0. The SMILES string of the molecule is COc1cc(C=CC(=O)O)cc(S(=O)(=O)NNC(=O)Cc2nc3ccccc3n2C)c1OC. The Morgan fingerprint density at radius 1 is 1.18 bits per heavy atom. The van der Waals surface area contributed by atoms with Crippen LogP contribution in [0.4, 0.5) is 0 Å². The molecule has 0 unspecified atom stereocenters. The number of nitrogens with one attached hydrogen (secondary N) is 2. The van der Waals surface area contributed by atoms with Gasteiger partial charge in [0, 0.05) is 13.1 Å². The number of hydrogen-bond acceptors (Lipinski definition) is 7. The second kappa shape index (κ2) is 9.71. The first kappa shape index (κ1) is 23.8. The molecule has 174 valence electrons. The Morgan fingerprint density at radius 2 is 1.91 bits per heavy atom. The average molecular weight is 474 g/mol. The summed E-state index contributed by atoms with van der Waals surface area (Å²) in [5.41, 5.74) is 3.95. The van der Waals surface area contributed by atoms with Gasteiger partial charge in [0.15, 0.2) is 11.5 Å². The maximum atomic E-state index is 12.9. The summed E-state index contributed by atoms with van der Waals surface area (Å²) < 4.78 is 37.9. The number of aliphatic carboxylic acids is 1. The second-order valence-corrected chi connectivity index (χ2v) is 8.48. The Morgan fingerprint density at radius 3 is 2.55 bits per heavy atom. The van der Waals surface area contributed by atoms with Crippen molar-refractivity contribution in [3.63, 3.8) is 0 Å². The molecule has 2 aromatic carbocycles. The van der Waals surface area contributed by atoms with Crippen LogP contribution in [-0.4, -0.2) is 49.2 Å². The van der Waals surface area contributed by atoms with Gasteiger partial charge < -0.3 is 19.1 Å². The summed E-state index contributed by atoms with van der Waals surface area (Å²) in [7, 11) is 0.0135. The zero-order valence-electron chi connectivity index (χ0n) is 18.0. The quantitative estimate of drug-likeness (QED) is 0.310. The zero-order chi connectivity index (χ0) is 24.2. The highest BCUT2D eigenvalue weighted by Crippen LogP contribution is 2.35. The van der Waals surface area contributed by atoms with Crippen LogP contribution in [0.25, 0.3) is 17.1 Å². The molecule has 11 nitrogen and oxygen atoms in total. The van der Waals surface area contributed by atoms with Gasteiger partial charge in [0.05, 0.1) is 31.7 Å². The fourth-order valence-electron chi connectivity index (χ4n) is 3.13. The molecule has 0 aliphatic rings. The second-order valence-electron chi connectivity index (χ2n) is 6.83. The molecule has 0 aliphatic carbocycles. The molecule has 1 heterocycles. The Kier molecular flexibility index (Phi) is 6.99. The number of imidazole rings is 1. The zero-order valence-corrected chi connectivity index (χ0v) is 18.8. The van der Waals surface area contributed by atoms with E-state index in [1.807, 2.05) is 29.1 Å². The smallest absolute Gasteiger partial charge is 0.328 e. The topological polar surface area (TPSA) is 149 Å². The van der Waals surface area contributed by atoms with Crippen molar-refractivity contribution >= 4 is 39.0 Å². The van der Waals surface area contributed by atoms with Crippen molar-refractivity contribution in [1.82, 2.24) is 19.8 Å². The van der Waals surface area contributed by atoms with Gasteiger partial charge >= 0.3 is 5.97 Å². The number of amides is 1. The number of hydrazine groups is 1. The predicted octanol–water partition coefficient (Wildman–Crippen LogP) is 1.24. The number of sulfonamides is 1. The van der Waals surface area contributed by atoms with Crippen LogP contribution in [-0.2, 0) is 33.1 Å². The van der Waals surface area contributed by atoms with Gasteiger partial charge in [-0.1, -0.05) is 12.1 Å². The standard InChI is InChI=1S/C21H22N4O7S/c1-25-15-7-5-4-6-14(15)22-18(25)12-19(26)23-24-33(29,30)17-11-13(8-9-20(27)28)10-16(31-2)21(17)32-3/h4-11,24H,12H2,1-3H3,(H,23,26)(H,27,28). The number of fused-ring (bicyclic) bond motifs is 1. The number of nitrogens with zero attached hydrogens (tertiary/aromatic N) is 2. The van der Waals surface area contributed by atoms with Crippen LogP contribution in [0.15, 0.2) is 47.4 Å². The fraction of sp³-hybridized carbons (Fsp3) is 0.190. The van der Waals surface area contributed by atoms with Gasteiger partial charge in [-0.15, -0.1) is 4.83 Å². The molecule has 0 fully saturated rings. The van der Waals surface area contributed by atoms with Gasteiger partial charge in [0.25, 0.3) is 10.0 Å². The molecule has 0 saturated carbocycles. The van der Waals surface area contributed by atoms with Crippen LogP contribution in [0.1, 0.15) is 11.4 Å². The van der Waals surface area contributed by atoms with Crippen LogP contribution >= 0.6 is 0 Å². The van der Waals surface area contributed by atoms with Crippen molar-refractivity contribution in [3.8, 4) is 11.5 Å². The van der Waals surface area contributed by atoms with Gasteiger partial charge in [-0.25, -0.2) is 18.2 Å². The van der Waals surface area contributed by atoms with Gasteiger partial charge in [-0.2, -0.15) is 0 Å². The van der Waals surface area contributed by atoms with Crippen LogP contribution in [0.2, 0.25) is 0 Å². The van der Waals surface area contributed by atoms with Crippen molar-refractivity contribution in [2.45, 2.75) is 11.3 Å². The largest absolute Gasteiger partial charge is 0.493 e. The number of rotatable bonds is 9. The molecule has 0 saturated heterocycles. The number of aromatic nitrogens is 2. The van der Waals surface area contributed by atoms with Gasteiger partial charge in [0.1, 0.15) is 10.7 Å². The molecule has 0 bridgehead atoms. The fourth-order valence-corrected chi connectivity index (χ4v) is 4.21. The molecule has 1 amide bonds. The first-order valence-corrected chi connectivity index (χ1v) is 11.0. The maximum Gasteiger partial charge on any atom is 0.328 e. The van der Waals surface area contributed by atoms with E-state index in [-0.39, 0.29) is 28.4 Å². The molecule has 3 aromatic rings. The lowest BCUT2D eigenvalue weighted by atomic mass is 10.2. The molecule has 3 N–H and O–H groups in total. The minimum absolute atomic E-state index is 0.0661. The minimum atomic E-state index is -4.31. The number of ether oxygens (including phenoxy) is 2. The number of carboxylic acid groups (broad SMARTS) is 1. The third-order valence-electron chi connectivity index (χ3n) is 4.70. The van der Waals surface area contributed by atoms with Gasteiger partial charge in [-0.05, 0) is 35.9 Å². The summed E-state index contributed by atoms with van der Waals surface area (Å²) in [5, 5.41) is 8.84. The van der Waals surface area contributed by atoms with Crippen molar-refractivity contribution in [2.75, 3.05) is 14.2 Å². The number of carboxylic acids is 1. The summed E-state index contributed by atoms with van der Waals surface area (Å²) in [5.74, 6) is -1.43. The first-order chi connectivity index (χ1) is 15.7. The van der Waals surface area contributed by atoms with Crippen molar-refractivity contribution in [1.29, 1.82) is 0 Å². The molecule has 0 spiro atoms. The Hall–Kier alpha value is -3.90. The molecule has 12 heteroatoms. The molecule has 1 aromatic heterocycles. The van der Waals surface area contributed by atoms with Crippen LogP contribution in [0, 0.1) is 0 Å². The minimum Gasteiger partial charge on any atom is -0.493 e. The highest BCUT2D eigenvalue weighted by Gasteiger charge is 2.25. The molecule has 0 radical (unpaired) electrons. The van der Waals surface area contributed by atoms with E-state index in [1.54, 1.807) is 11.6 Å². The maximum absolute atomic E-state index is 12.9. The summed E-state index contributed by atoms with van der Waals surface area (Å²) in [6, 6.07) is 9.96. The Labute approximate surface area is 189 Å². The first-order valence-electron chi connectivity index (χ1n) is 9.54. The summed E-state index contributed by atoms with van der Waals surface area (Å²) in [4.78, 5) is 29.3. The van der Waals surface area contributed by atoms with Crippen molar-refractivity contribution < 1.29 is 32.6 Å².